The van der Waals surface area contributed by atoms with Crippen LogP contribution in [0.25, 0.3) is 10.8 Å². The molecule has 0 heterocycles. The Morgan fingerprint density at radius 1 is 0.708 bits per heavy atom. The number of hydrogen-bond acceptors (Lipinski definition) is 2. The molecule has 0 bridgehead atoms. The highest BCUT2D eigenvalue weighted by molar-refractivity contribution is 9.09. The molecule has 0 unspecified atom stereocenters. The molecule has 0 aliphatic heterocycles. The predicted molar refractivity (Wildman–Crippen MR) is 107 cm³/mol. The van der Waals surface area contributed by atoms with Crippen LogP contribution in [0.1, 0.15) is 51.9 Å². The third-order valence-corrected chi connectivity index (χ3v) is 4.70. The van der Waals surface area contributed by atoms with Crippen molar-refractivity contribution in [1.82, 2.24) is 0 Å². The van der Waals surface area contributed by atoms with Crippen LogP contribution >= 0.6 is 15.9 Å². The van der Waals surface area contributed by atoms with Gasteiger partial charge in [-0.15, -0.1) is 0 Å². The summed E-state index contributed by atoms with van der Waals surface area (Å²) in [5.41, 5.74) is 0. The molecule has 0 aromatic heterocycles. The van der Waals surface area contributed by atoms with Crippen LogP contribution in [-0.4, -0.2) is 18.5 Å². The van der Waals surface area contributed by atoms with Gasteiger partial charge in [-0.05, 0) is 31.4 Å². The molecule has 0 atom stereocenters. The van der Waals surface area contributed by atoms with Gasteiger partial charge in [0.25, 0.3) is 0 Å². The van der Waals surface area contributed by atoms with E-state index in [-0.39, 0.29) is 0 Å². The first-order valence-corrected chi connectivity index (χ1v) is 10.3. The fourth-order valence-corrected chi connectivity index (χ4v) is 3.16. The van der Waals surface area contributed by atoms with Crippen molar-refractivity contribution < 1.29 is 9.47 Å². The fourth-order valence-electron chi connectivity index (χ4n) is 2.76. The SMILES string of the molecule is CCCCCOc1ccc(OCCCCCCBr)c2ccccc12. The van der Waals surface area contributed by atoms with Crippen molar-refractivity contribution in [2.45, 2.75) is 51.9 Å². The molecule has 0 N–H and O–H groups in total. The Morgan fingerprint density at radius 2 is 1.25 bits per heavy atom. The van der Waals surface area contributed by atoms with Gasteiger partial charge in [-0.25, -0.2) is 0 Å². The van der Waals surface area contributed by atoms with Gasteiger partial charge in [0.2, 0.25) is 0 Å². The first-order chi connectivity index (χ1) is 11.9. The zero-order valence-electron chi connectivity index (χ0n) is 14.7. The van der Waals surface area contributed by atoms with Gasteiger partial charge in [0, 0.05) is 16.1 Å². The van der Waals surface area contributed by atoms with E-state index >= 15 is 0 Å². The van der Waals surface area contributed by atoms with E-state index in [1.807, 2.05) is 0 Å². The molecule has 0 spiro atoms. The van der Waals surface area contributed by atoms with Gasteiger partial charge in [0.1, 0.15) is 11.5 Å². The Hall–Kier alpha value is -1.22. The highest BCUT2D eigenvalue weighted by atomic mass is 79.9. The van der Waals surface area contributed by atoms with Crippen LogP contribution in [-0.2, 0) is 0 Å². The average molecular weight is 393 g/mol. The summed E-state index contributed by atoms with van der Waals surface area (Å²) in [4.78, 5) is 0. The monoisotopic (exact) mass is 392 g/mol. The van der Waals surface area contributed by atoms with Gasteiger partial charge in [0.15, 0.2) is 0 Å². The molecule has 0 saturated heterocycles. The molecule has 2 rings (SSSR count). The quantitative estimate of drug-likeness (QED) is 0.294. The summed E-state index contributed by atoms with van der Waals surface area (Å²) in [7, 11) is 0. The molecule has 3 heteroatoms. The number of halogens is 1. The second-order valence-corrected chi connectivity index (χ2v) is 6.91. The van der Waals surface area contributed by atoms with Crippen LogP contribution in [0.4, 0.5) is 0 Å². The molecule has 0 radical (unpaired) electrons. The Balaban J connectivity index is 1.96. The fraction of sp³-hybridized carbons (Fsp3) is 0.524. The van der Waals surface area contributed by atoms with Crippen molar-refractivity contribution in [2.75, 3.05) is 18.5 Å². The van der Waals surface area contributed by atoms with E-state index in [0.29, 0.717) is 0 Å². The number of hydrogen-bond donors (Lipinski definition) is 0. The molecule has 0 aliphatic rings. The van der Waals surface area contributed by atoms with Crippen LogP contribution in [0, 0.1) is 0 Å². The topological polar surface area (TPSA) is 18.5 Å². The molecular weight excluding hydrogens is 364 g/mol. The van der Waals surface area contributed by atoms with Crippen molar-refractivity contribution in [3.05, 3.63) is 36.4 Å². The lowest BCUT2D eigenvalue weighted by molar-refractivity contribution is 0.302. The number of rotatable bonds is 12. The third kappa shape index (κ3) is 6.01. The number of alkyl halides is 1. The zero-order chi connectivity index (χ0) is 17.0. The summed E-state index contributed by atoms with van der Waals surface area (Å²) < 4.78 is 12.0. The Bertz CT molecular complexity index is 597. The first-order valence-electron chi connectivity index (χ1n) is 9.20. The van der Waals surface area contributed by atoms with E-state index in [2.05, 4.69) is 59.3 Å². The summed E-state index contributed by atoms with van der Waals surface area (Å²) in [6.07, 6.45) is 8.38. The molecule has 0 saturated carbocycles. The third-order valence-electron chi connectivity index (χ3n) is 4.14. The van der Waals surface area contributed by atoms with E-state index in [0.717, 1.165) is 53.7 Å². The molecule has 0 aliphatic carbocycles. The van der Waals surface area contributed by atoms with Crippen molar-refractivity contribution in [2.24, 2.45) is 0 Å². The van der Waals surface area contributed by atoms with Crippen molar-refractivity contribution in [1.29, 1.82) is 0 Å². The van der Waals surface area contributed by atoms with Crippen LogP contribution in [0.15, 0.2) is 36.4 Å². The lowest BCUT2D eigenvalue weighted by Crippen LogP contribution is -2.00. The Morgan fingerprint density at radius 3 is 1.79 bits per heavy atom. The van der Waals surface area contributed by atoms with E-state index in [1.165, 1.54) is 32.1 Å². The van der Waals surface area contributed by atoms with E-state index in [4.69, 9.17) is 9.47 Å². The van der Waals surface area contributed by atoms with E-state index in [9.17, 15) is 0 Å². The molecule has 2 aromatic rings. The number of ether oxygens (including phenoxy) is 2. The summed E-state index contributed by atoms with van der Waals surface area (Å²) in [5, 5.41) is 3.38. The maximum Gasteiger partial charge on any atom is 0.127 e. The maximum atomic E-state index is 6.03. The average Bonchev–Trinajstić information content (AvgIpc) is 2.62. The second-order valence-electron chi connectivity index (χ2n) is 6.11. The minimum Gasteiger partial charge on any atom is -0.493 e. The number of fused-ring (bicyclic) bond motifs is 1. The van der Waals surface area contributed by atoms with Gasteiger partial charge < -0.3 is 9.47 Å². The lowest BCUT2D eigenvalue weighted by atomic mass is 10.1. The highest BCUT2D eigenvalue weighted by Crippen LogP contribution is 2.33. The molecule has 0 fully saturated rings. The molecule has 132 valence electrons. The standard InChI is InChI=1S/C21H29BrO2/c1-2-3-9-16-23-20-13-14-21(19-12-7-6-11-18(19)20)24-17-10-5-4-8-15-22/h6-7,11-14H,2-5,8-10,15-17H2,1H3. The van der Waals surface area contributed by atoms with Gasteiger partial charge in [0.05, 0.1) is 13.2 Å². The molecule has 2 nitrogen and oxygen atoms in total. The largest absolute Gasteiger partial charge is 0.493 e. The van der Waals surface area contributed by atoms with Crippen molar-refractivity contribution >= 4 is 26.7 Å². The van der Waals surface area contributed by atoms with Crippen molar-refractivity contribution in [3.8, 4) is 11.5 Å². The zero-order valence-corrected chi connectivity index (χ0v) is 16.3. The van der Waals surface area contributed by atoms with Gasteiger partial charge in [-0.2, -0.15) is 0 Å². The smallest absolute Gasteiger partial charge is 0.127 e. The predicted octanol–water partition coefficient (Wildman–Crippen LogP) is 6.74. The van der Waals surface area contributed by atoms with Crippen LogP contribution in [0.3, 0.4) is 0 Å². The minimum absolute atomic E-state index is 0.781. The number of benzene rings is 2. The Kier molecular flexibility index (Phi) is 9.04. The van der Waals surface area contributed by atoms with Gasteiger partial charge in [-0.3, -0.25) is 0 Å². The van der Waals surface area contributed by atoms with E-state index < -0.39 is 0 Å². The second kappa shape index (κ2) is 11.4. The summed E-state index contributed by atoms with van der Waals surface area (Å²) in [6.45, 7) is 3.77. The van der Waals surface area contributed by atoms with Crippen molar-refractivity contribution in [3.63, 3.8) is 0 Å². The summed E-state index contributed by atoms with van der Waals surface area (Å²) in [6, 6.07) is 12.5. The minimum atomic E-state index is 0.781. The Labute approximate surface area is 154 Å². The van der Waals surface area contributed by atoms with Gasteiger partial charge >= 0.3 is 0 Å². The molecule has 24 heavy (non-hydrogen) atoms. The maximum absolute atomic E-state index is 6.03. The van der Waals surface area contributed by atoms with Crippen LogP contribution < -0.4 is 9.47 Å². The molecule has 2 aromatic carbocycles. The number of unbranched alkanes of at least 4 members (excludes halogenated alkanes) is 5. The first kappa shape index (κ1) is 19.1. The normalized spacial score (nSPS) is 10.9. The van der Waals surface area contributed by atoms with E-state index in [1.54, 1.807) is 0 Å². The van der Waals surface area contributed by atoms with Crippen LogP contribution in [0.2, 0.25) is 0 Å². The van der Waals surface area contributed by atoms with Gasteiger partial charge in [-0.1, -0.05) is 72.8 Å². The summed E-state index contributed by atoms with van der Waals surface area (Å²) >= 11 is 3.47. The lowest BCUT2D eigenvalue weighted by Gasteiger charge is -2.13. The van der Waals surface area contributed by atoms with Crippen LogP contribution in [0.5, 0.6) is 11.5 Å². The highest BCUT2D eigenvalue weighted by Gasteiger charge is 2.07. The summed E-state index contributed by atoms with van der Waals surface area (Å²) in [5.74, 6) is 1.93. The molecule has 0 amide bonds. The molecular formula is C21H29BrO2.